The van der Waals surface area contributed by atoms with E-state index in [9.17, 15) is 19.2 Å². The van der Waals surface area contributed by atoms with E-state index in [-0.39, 0.29) is 30.5 Å². The van der Waals surface area contributed by atoms with Crippen molar-refractivity contribution in [2.75, 3.05) is 73.9 Å². The molecule has 52 heavy (non-hydrogen) atoms. The van der Waals surface area contributed by atoms with E-state index in [0.29, 0.717) is 79.1 Å². The number of methoxy groups -OCH3 is 3. The quantitative estimate of drug-likeness (QED) is 0.138. The minimum Gasteiger partial charge on any atom is -0.493 e. The van der Waals surface area contributed by atoms with Gasteiger partial charge in [0.05, 0.1) is 46.5 Å². The average Bonchev–Trinajstić information content (AvgIpc) is 3.16. The average molecular weight is 717 g/mol. The Hall–Kier alpha value is -5.82. The number of carbonyl (C=O) groups excluding carboxylic acids is 3. The van der Waals surface area contributed by atoms with Gasteiger partial charge in [-0.3, -0.25) is 19.3 Å². The van der Waals surface area contributed by atoms with Crippen LogP contribution in [-0.2, 0) is 23.9 Å². The number of rotatable bonds is 13. The van der Waals surface area contributed by atoms with E-state index in [1.54, 1.807) is 76.5 Å². The predicted octanol–water partition coefficient (Wildman–Crippen LogP) is 4.83. The summed E-state index contributed by atoms with van der Waals surface area (Å²) in [5.74, 6) is 1.72. The molecule has 0 saturated carbocycles. The first kappa shape index (κ1) is 39.0. The summed E-state index contributed by atoms with van der Waals surface area (Å²) in [6.45, 7) is 6.68. The molecule has 1 fully saturated rings. The molecule has 1 amide bonds. The Morgan fingerprint density at radius 2 is 1.44 bits per heavy atom. The molecule has 0 N–H and O–H groups in total. The van der Waals surface area contributed by atoms with Gasteiger partial charge in [0.1, 0.15) is 17.1 Å². The molecule has 4 aromatic rings. The normalized spacial score (nSPS) is 12.8. The molecular weight excluding hydrogens is 672 g/mol. The van der Waals surface area contributed by atoms with Crippen LogP contribution in [0, 0.1) is 0 Å². The maximum atomic E-state index is 12.5. The lowest BCUT2D eigenvalue weighted by Gasteiger charge is -2.33. The van der Waals surface area contributed by atoms with Crippen molar-refractivity contribution in [2.45, 2.75) is 13.8 Å². The number of fused-ring (bicyclic) bond motifs is 1. The van der Waals surface area contributed by atoms with Gasteiger partial charge in [0.2, 0.25) is 11.7 Å². The van der Waals surface area contributed by atoms with Gasteiger partial charge in [-0.25, -0.2) is 4.79 Å². The molecule has 1 aliphatic heterocycles. The minimum atomic E-state index is -0.447. The molecule has 1 saturated heterocycles. The molecule has 0 spiro atoms. The second kappa shape index (κ2) is 19.5. The van der Waals surface area contributed by atoms with E-state index in [4.69, 9.17) is 32.8 Å². The Morgan fingerprint density at radius 1 is 0.788 bits per heavy atom. The van der Waals surface area contributed by atoms with Crippen molar-refractivity contribution in [2.24, 2.45) is 0 Å². The highest BCUT2D eigenvalue weighted by Gasteiger charge is 2.22. The lowest BCUT2D eigenvalue weighted by Crippen LogP contribution is -2.49. The summed E-state index contributed by atoms with van der Waals surface area (Å²) in [5, 5.41) is 0.457. The van der Waals surface area contributed by atoms with Gasteiger partial charge in [-0.1, -0.05) is 30.3 Å². The zero-order valence-corrected chi connectivity index (χ0v) is 30.0. The Labute approximate surface area is 302 Å². The topological polar surface area (TPSA) is 143 Å². The van der Waals surface area contributed by atoms with Crippen LogP contribution in [0.25, 0.3) is 28.4 Å². The Bertz CT molecular complexity index is 1870. The number of amides is 1. The summed E-state index contributed by atoms with van der Waals surface area (Å²) in [6, 6.07) is 19.2. The molecule has 0 radical (unpaired) electrons. The zero-order valence-electron chi connectivity index (χ0n) is 30.0. The molecule has 1 aromatic heterocycles. The predicted molar refractivity (Wildman–Crippen MR) is 195 cm³/mol. The molecule has 276 valence electrons. The van der Waals surface area contributed by atoms with Crippen molar-refractivity contribution in [3.05, 3.63) is 88.6 Å². The first-order valence-corrected chi connectivity index (χ1v) is 16.8. The monoisotopic (exact) mass is 716 g/mol. The third-order valence-electron chi connectivity index (χ3n) is 7.87. The molecule has 0 aliphatic carbocycles. The van der Waals surface area contributed by atoms with Crippen molar-refractivity contribution in [3.63, 3.8) is 0 Å². The summed E-state index contributed by atoms with van der Waals surface area (Å²) in [6.07, 6.45) is 3.25. The number of ether oxygens (including phenoxy) is 6. The Morgan fingerprint density at radius 3 is 2.06 bits per heavy atom. The largest absolute Gasteiger partial charge is 0.493 e. The fourth-order valence-corrected chi connectivity index (χ4v) is 5.30. The molecule has 5 rings (SSSR count). The van der Waals surface area contributed by atoms with Crippen molar-refractivity contribution < 1.29 is 47.2 Å². The van der Waals surface area contributed by atoms with Crippen LogP contribution in [0.15, 0.2) is 82.0 Å². The van der Waals surface area contributed by atoms with E-state index in [1.807, 2.05) is 35.2 Å². The van der Waals surface area contributed by atoms with Crippen molar-refractivity contribution >= 4 is 34.9 Å². The third-order valence-corrected chi connectivity index (χ3v) is 7.87. The van der Waals surface area contributed by atoms with Gasteiger partial charge < -0.3 is 37.7 Å². The van der Waals surface area contributed by atoms with Crippen molar-refractivity contribution in [1.82, 2.24) is 9.80 Å². The fraction of sp³-hybridized carbons (Fsp3) is 0.333. The van der Waals surface area contributed by atoms with Gasteiger partial charge in [-0.15, -0.1) is 0 Å². The standard InChI is InChI=1S/C20H28N2O6.C19H16O5/c1-5-28-19(24)14-21-8-10-22(11-9-21)18(23)7-6-15-12-16(25-2)20(27-4)17(13-15)26-3;1-2-22-19(21)12-23-14-8-9-15-16(20)11-17(24-18(15)10-14)13-6-4-3-5-7-13/h6-7,12-13H,5,8-11,14H2,1-4H3;3-11H,2,12H2,1H3/b7-6-;. The summed E-state index contributed by atoms with van der Waals surface area (Å²) in [4.78, 5) is 51.4. The second-order valence-electron chi connectivity index (χ2n) is 11.3. The van der Waals surface area contributed by atoms with E-state index >= 15 is 0 Å². The first-order chi connectivity index (χ1) is 25.2. The van der Waals surface area contributed by atoms with Gasteiger partial charge in [0.25, 0.3) is 0 Å². The van der Waals surface area contributed by atoms with E-state index in [1.165, 1.54) is 12.1 Å². The van der Waals surface area contributed by atoms with Crippen LogP contribution >= 0.6 is 0 Å². The van der Waals surface area contributed by atoms with Gasteiger partial charge in [0.15, 0.2) is 23.5 Å². The van der Waals surface area contributed by atoms with Gasteiger partial charge in [-0.2, -0.15) is 0 Å². The number of hydrogen-bond acceptors (Lipinski definition) is 12. The van der Waals surface area contributed by atoms with E-state index in [0.717, 1.165) is 11.1 Å². The molecule has 3 aromatic carbocycles. The van der Waals surface area contributed by atoms with Crippen LogP contribution in [0.5, 0.6) is 23.0 Å². The third kappa shape index (κ3) is 10.8. The molecule has 1 aliphatic rings. The van der Waals surface area contributed by atoms with E-state index < -0.39 is 5.97 Å². The van der Waals surface area contributed by atoms with Crippen molar-refractivity contribution in [1.29, 1.82) is 0 Å². The minimum absolute atomic E-state index is 0.0791. The molecular formula is C39H44N2O11. The molecule has 13 nitrogen and oxygen atoms in total. The smallest absolute Gasteiger partial charge is 0.344 e. The van der Waals surface area contributed by atoms with Crippen LogP contribution in [0.2, 0.25) is 0 Å². The first-order valence-electron chi connectivity index (χ1n) is 16.8. The number of nitrogens with zero attached hydrogens (tertiary/aromatic N) is 2. The molecule has 2 heterocycles. The lowest BCUT2D eigenvalue weighted by atomic mass is 10.1. The van der Waals surface area contributed by atoms with E-state index in [2.05, 4.69) is 0 Å². The zero-order chi connectivity index (χ0) is 37.5. The number of piperazine rings is 1. The highest BCUT2D eigenvalue weighted by molar-refractivity contribution is 5.92. The summed E-state index contributed by atoms with van der Waals surface area (Å²) in [5.41, 5.74) is 1.85. The van der Waals surface area contributed by atoms with Crippen LogP contribution in [-0.4, -0.2) is 102 Å². The Kier molecular flexibility index (Phi) is 14.6. The van der Waals surface area contributed by atoms with Crippen LogP contribution in [0.3, 0.4) is 0 Å². The molecule has 13 heteroatoms. The maximum absolute atomic E-state index is 12.5. The molecule has 0 unspecified atom stereocenters. The Balaban J connectivity index is 0.000000235. The highest BCUT2D eigenvalue weighted by Crippen LogP contribution is 2.38. The van der Waals surface area contributed by atoms with Crippen LogP contribution in [0.1, 0.15) is 19.4 Å². The fourth-order valence-electron chi connectivity index (χ4n) is 5.30. The highest BCUT2D eigenvalue weighted by atomic mass is 16.6. The number of benzene rings is 3. The van der Waals surface area contributed by atoms with Crippen LogP contribution < -0.4 is 24.4 Å². The summed E-state index contributed by atoms with van der Waals surface area (Å²) in [7, 11) is 4.64. The van der Waals surface area contributed by atoms with Gasteiger partial charge in [-0.05, 0) is 49.8 Å². The number of carbonyl (C=O) groups is 3. The lowest BCUT2D eigenvalue weighted by molar-refractivity contribution is -0.146. The van der Waals surface area contributed by atoms with Crippen molar-refractivity contribution in [3.8, 4) is 34.3 Å². The van der Waals surface area contributed by atoms with Gasteiger partial charge >= 0.3 is 11.9 Å². The van der Waals surface area contributed by atoms with Crippen LogP contribution in [0.4, 0.5) is 0 Å². The SMILES string of the molecule is CCOC(=O)CN1CCN(C(=O)/C=C\c2cc(OC)c(OC)c(OC)c2)CC1.CCOC(=O)COc1ccc2c(=O)cc(-c3ccccc3)oc2c1. The number of hydrogen-bond donors (Lipinski definition) is 0. The van der Waals surface area contributed by atoms with Gasteiger partial charge in [0, 0.05) is 50.0 Å². The molecule has 0 bridgehead atoms. The summed E-state index contributed by atoms with van der Waals surface area (Å²) < 4.78 is 36.9. The second-order valence-corrected chi connectivity index (χ2v) is 11.3. The maximum Gasteiger partial charge on any atom is 0.344 e. The summed E-state index contributed by atoms with van der Waals surface area (Å²) >= 11 is 0. The number of esters is 2. The molecule has 0 atom stereocenters.